The monoisotopic (exact) mass is 168 g/mol. The van der Waals surface area contributed by atoms with Crippen molar-refractivity contribution in [2.45, 2.75) is 12.6 Å². The van der Waals surface area contributed by atoms with Crippen LogP contribution in [-0.4, -0.2) is 11.1 Å². The predicted molar refractivity (Wildman–Crippen MR) is 42.5 cm³/mol. The van der Waals surface area contributed by atoms with Gasteiger partial charge in [0, 0.05) is 5.56 Å². The smallest absolute Gasteiger partial charge is 0.345 e. The van der Waals surface area contributed by atoms with Crippen molar-refractivity contribution in [2.24, 2.45) is 0 Å². The molecule has 1 aromatic rings. The number of aliphatic carboxylic acids is 1. The van der Waals surface area contributed by atoms with Crippen molar-refractivity contribution in [2.75, 3.05) is 0 Å². The molecule has 3 heteroatoms. The topological polar surface area (TPSA) is 37.3 Å². The third-order valence-electron chi connectivity index (χ3n) is 1.72. The molecule has 0 heterocycles. The summed E-state index contributed by atoms with van der Waals surface area (Å²) in [5, 5.41) is 8.52. The van der Waals surface area contributed by atoms with Gasteiger partial charge >= 0.3 is 5.97 Å². The Morgan fingerprint density at radius 1 is 1.42 bits per heavy atom. The van der Waals surface area contributed by atoms with Crippen LogP contribution in [0.4, 0.5) is 4.39 Å². The number of halogens is 1. The summed E-state index contributed by atoms with van der Waals surface area (Å²) in [4.78, 5) is 10.4. The maximum atomic E-state index is 13.3. The van der Waals surface area contributed by atoms with Gasteiger partial charge in [0.15, 0.2) is 0 Å². The van der Waals surface area contributed by atoms with E-state index in [-0.39, 0.29) is 5.56 Å². The molecule has 1 unspecified atom stereocenters. The minimum absolute atomic E-state index is 0.164. The molecule has 0 amide bonds. The molecule has 0 aliphatic heterocycles. The largest absolute Gasteiger partial charge is 0.479 e. The van der Waals surface area contributed by atoms with E-state index >= 15 is 0 Å². The van der Waals surface area contributed by atoms with Gasteiger partial charge in [-0.3, -0.25) is 0 Å². The second-order valence-corrected chi connectivity index (χ2v) is 2.67. The molecular weight excluding hydrogens is 159 g/mol. The van der Waals surface area contributed by atoms with Crippen molar-refractivity contribution in [3.63, 3.8) is 0 Å². The van der Waals surface area contributed by atoms with Gasteiger partial charge in [-0.25, -0.2) is 9.18 Å². The van der Waals surface area contributed by atoms with Gasteiger partial charge in [0.05, 0.1) is 0 Å². The van der Waals surface area contributed by atoms with Crippen LogP contribution in [0.2, 0.25) is 0 Å². The van der Waals surface area contributed by atoms with E-state index in [1.807, 2.05) is 0 Å². The molecule has 1 atom stereocenters. The molecule has 0 radical (unpaired) electrons. The third-order valence-corrected chi connectivity index (χ3v) is 1.72. The molecular formula is C9H9FO2. The summed E-state index contributed by atoms with van der Waals surface area (Å²) < 4.78 is 13.3. The molecule has 1 aromatic carbocycles. The van der Waals surface area contributed by atoms with Crippen LogP contribution in [0.25, 0.3) is 0 Å². The molecule has 1 N–H and O–H groups in total. The molecule has 0 bridgehead atoms. The van der Waals surface area contributed by atoms with Gasteiger partial charge < -0.3 is 5.11 Å². The molecule has 64 valence electrons. The highest BCUT2D eigenvalue weighted by Crippen LogP contribution is 2.24. The van der Waals surface area contributed by atoms with E-state index in [0.29, 0.717) is 0 Å². The standard InChI is InChI=1S/C9H9FO2/c1-9(10,8(11)12)7-5-3-2-4-6-7/h2-6H,1H3,(H,11,12). The van der Waals surface area contributed by atoms with E-state index in [0.717, 1.165) is 6.92 Å². The predicted octanol–water partition coefficient (Wildman–Crippen LogP) is 1.96. The number of benzene rings is 1. The average molecular weight is 168 g/mol. The first-order chi connectivity index (χ1) is 5.55. The van der Waals surface area contributed by atoms with Crippen molar-refractivity contribution in [3.8, 4) is 0 Å². The van der Waals surface area contributed by atoms with Crippen LogP contribution in [0.1, 0.15) is 12.5 Å². The van der Waals surface area contributed by atoms with Crippen molar-refractivity contribution >= 4 is 5.97 Å². The minimum atomic E-state index is -2.29. The number of carboxylic acids is 1. The molecule has 12 heavy (non-hydrogen) atoms. The van der Waals surface area contributed by atoms with Gasteiger partial charge in [-0.1, -0.05) is 30.3 Å². The number of carboxylic acid groups (broad SMARTS) is 1. The van der Waals surface area contributed by atoms with E-state index in [1.165, 1.54) is 12.1 Å². The highest BCUT2D eigenvalue weighted by atomic mass is 19.1. The Balaban J connectivity index is 3.06. The lowest BCUT2D eigenvalue weighted by molar-refractivity contribution is -0.150. The maximum absolute atomic E-state index is 13.3. The van der Waals surface area contributed by atoms with Crippen LogP contribution < -0.4 is 0 Å². The van der Waals surface area contributed by atoms with Gasteiger partial charge in [0.2, 0.25) is 5.67 Å². The normalized spacial score (nSPS) is 15.2. The SMILES string of the molecule is CC(F)(C(=O)O)c1ccccc1. The van der Waals surface area contributed by atoms with Crippen molar-refractivity contribution in [3.05, 3.63) is 35.9 Å². The highest BCUT2D eigenvalue weighted by molar-refractivity contribution is 5.78. The summed E-state index contributed by atoms with van der Waals surface area (Å²) in [5.74, 6) is -1.46. The number of alkyl halides is 1. The maximum Gasteiger partial charge on any atom is 0.345 e. The number of carbonyl (C=O) groups is 1. The lowest BCUT2D eigenvalue weighted by Crippen LogP contribution is -2.26. The molecule has 0 fully saturated rings. The van der Waals surface area contributed by atoms with Crippen molar-refractivity contribution < 1.29 is 14.3 Å². The zero-order valence-electron chi connectivity index (χ0n) is 6.62. The Labute approximate surface area is 69.6 Å². The average Bonchev–Trinajstić information content (AvgIpc) is 2.06. The second kappa shape index (κ2) is 2.93. The first kappa shape index (κ1) is 8.71. The van der Waals surface area contributed by atoms with Gasteiger partial charge in [0.1, 0.15) is 0 Å². The first-order valence-corrected chi connectivity index (χ1v) is 3.53. The molecule has 0 aliphatic carbocycles. The molecule has 0 aliphatic rings. The Kier molecular flexibility index (Phi) is 2.13. The Hall–Kier alpha value is -1.38. The second-order valence-electron chi connectivity index (χ2n) is 2.67. The lowest BCUT2D eigenvalue weighted by Gasteiger charge is -2.14. The van der Waals surface area contributed by atoms with Gasteiger partial charge in [-0.2, -0.15) is 0 Å². The quantitative estimate of drug-likeness (QED) is 0.732. The molecule has 0 spiro atoms. The summed E-state index contributed by atoms with van der Waals surface area (Å²) in [5.41, 5.74) is -2.13. The number of rotatable bonds is 2. The fraction of sp³-hybridized carbons (Fsp3) is 0.222. The molecule has 0 saturated heterocycles. The summed E-state index contributed by atoms with van der Waals surface area (Å²) in [6, 6.07) is 7.83. The third kappa shape index (κ3) is 1.44. The zero-order chi connectivity index (χ0) is 9.19. The van der Waals surface area contributed by atoms with E-state index in [9.17, 15) is 9.18 Å². The van der Waals surface area contributed by atoms with Crippen LogP contribution in [-0.2, 0) is 10.5 Å². The van der Waals surface area contributed by atoms with Gasteiger partial charge in [-0.05, 0) is 6.92 Å². The lowest BCUT2D eigenvalue weighted by atomic mass is 9.98. The van der Waals surface area contributed by atoms with Crippen LogP contribution in [0.3, 0.4) is 0 Å². The Morgan fingerprint density at radius 3 is 2.33 bits per heavy atom. The van der Waals surface area contributed by atoms with E-state index in [1.54, 1.807) is 18.2 Å². The van der Waals surface area contributed by atoms with Crippen LogP contribution >= 0.6 is 0 Å². The van der Waals surface area contributed by atoms with Crippen LogP contribution in [0.15, 0.2) is 30.3 Å². The zero-order valence-corrected chi connectivity index (χ0v) is 6.62. The van der Waals surface area contributed by atoms with Crippen LogP contribution in [0.5, 0.6) is 0 Å². The van der Waals surface area contributed by atoms with Gasteiger partial charge in [0.25, 0.3) is 0 Å². The van der Waals surface area contributed by atoms with Crippen LogP contribution in [0, 0.1) is 0 Å². The minimum Gasteiger partial charge on any atom is -0.479 e. The molecule has 0 saturated carbocycles. The summed E-state index contributed by atoms with van der Waals surface area (Å²) in [7, 11) is 0. The molecule has 0 aromatic heterocycles. The van der Waals surface area contributed by atoms with E-state index in [2.05, 4.69) is 0 Å². The molecule has 2 nitrogen and oxygen atoms in total. The van der Waals surface area contributed by atoms with Crippen molar-refractivity contribution in [1.29, 1.82) is 0 Å². The van der Waals surface area contributed by atoms with Gasteiger partial charge in [-0.15, -0.1) is 0 Å². The number of hydrogen-bond donors (Lipinski definition) is 1. The van der Waals surface area contributed by atoms with E-state index in [4.69, 9.17) is 5.11 Å². The Bertz CT molecular complexity index is 280. The molecule has 1 rings (SSSR count). The Morgan fingerprint density at radius 2 is 1.92 bits per heavy atom. The van der Waals surface area contributed by atoms with Crippen molar-refractivity contribution in [1.82, 2.24) is 0 Å². The first-order valence-electron chi connectivity index (χ1n) is 3.53. The summed E-state index contributed by atoms with van der Waals surface area (Å²) in [6.45, 7) is 1.03. The fourth-order valence-corrected chi connectivity index (χ4v) is 0.875. The summed E-state index contributed by atoms with van der Waals surface area (Å²) >= 11 is 0. The summed E-state index contributed by atoms with van der Waals surface area (Å²) in [6.07, 6.45) is 0. The number of hydrogen-bond acceptors (Lipinski definition) is 1. The fourth-order valence-electron chi connectivity index (χ4n) is 0.875. The highest BCUT2D eigenvalue weighted by Gasteiger charge is 2.34. The van der Waals surface area contributed by atoms with E-state index < -0.39 is 11.6 Å².